The molecule has 4 N–H and O–H groups in total. The number of nitrogens with one attached hydrogen (secondary N) is 1. The second kappa shape index (κ2) is 6.01. The Balaban J connectivity index is 2.76. The molecule has 0 aliphatic carbocycles. The molecule has 1 aliphatic heterocycles. The first-order valence-electron chi connectivity index (χ1n) is 6.29. The van der Waals surface area contributed by atoms with E-state index in [1.807, 2.05) is 0 Å². The van der Waals surface area contributed by atoms with Crippen molar-refractivity contribution in [2.45, 2.75) is 45.4 Å². The normalized spacial score (nSPS) is 24.4. The van der Waals surface area contributed by atoms with Gasteiger partial charge in [0.1, 0.15) is 12.1 Å². The van der Waals surface area contributed by atoms with Gasteiger partial charge in [-0.1, -0.05) is 13.8 Å². The summed E-state index contributed by atoms with van der Waals surface area (Å²) in [4.78, 5) is 36.1. The summed E-state index contributed by atoms with van der Waals surface area (Å²) in [6.45, 7) is 5.01. The number of β-amino-alcohol motifs (C(OH)–C–C–N with tert-alkyl or cyclic N) is 1. The summed E-state index contributed by atoms with van der Waals surface area (Å²) in [5.41, 5.74) is 5.22. The maximum atomic E-state index is 12.1. The van der Waals surface area contributed by atoms with Crippen molar-refractivity contribution in [3.63, 3.8) is 0 Å². The number of carbonyl (C=O) groups is 3. The van der Waals surface area contributed by atoms with Gasteiger partial charge in [0.15, 0.2) is 0 Å². The molecule has 0 spiro atoms. The summed E-state index contributed by atoms with van der Waals surface area (Å²) in [6.07, 6.45) is -0.541. The van der Waals surface area contributed by atoms with Crippen molar-refractivity contribution in [1.29, 1.82) is 0 Å². The van der Waals surface area contributed by atoms with Crippen LogP contribution in [0.25, 0.3) is 0 Å². The molecule has 3 amide bonds. The van der Waals surface area contributed by atoms with E-state index in [9.17, 15) is 19.5 Å². The molecular weight excluding hydrogens is 250 g/mol. The van der Waals surface area contributed by atoms with Crippen LogP contribution >= 0.6 is 0 Å². The molecule has 1 saturated heterocycles. The van der Waals surface area contributed by atoms with E-state index in [2.05, 4.69) is 5.32 Å². The molecule has 0 radical (unpaired) electrons. The third-order valence-corrected chi connectivity index (χ3v) is 3.26. The van der Waals surface area contributed by atoms with Crippen LogP contribution < -0.4 is 11.1 Å². The van der Waals surface area contributed by atoms with E-state index in [0.29, 0.717) is 0 Å². The number of carbonyl (C=O) groups excluding carboxylic acids is 3. The molecule has 1 aliphatic rings. The van der Waals surface area contributed by atoms with Gasteiger partial charge >= 0.3 is 0 Å². The highest BCUT2D eigenvalue weighted by atomic mass is 16.3. The lowest BCUT2D eigenvalue weighted by molar-refractivity contribution is -0.138. The van der Waals surface area contributed by atoms with Crippen molar-refractivity contribution >= 4 is 17.7 Å². The molecule has 1 heterocycles. The summed E-state index contributed by atoms with van der Waals surface area (Å²) < 4.78 is 0. The Morgan fingerprint density at radius 3 is 2.37 bits per heavy atom. The van der Waals surface area contributed by atoms with Gasteiger partial charge in [0.2, 0.25) is 17.7 Å². The monoisotopic (exact) mass is 271 g/mol. The topological polar surface area (TPSA) is 113 Å². The number of aliphatic hydroxyl groups is 1. The molecule has 7 nitrogen and oxygen atoms in total. The van der Waals surface area contributed by atoms with E-state index in [-0.39, 0.29) is 24.8 Å². The van der Waals surface area contributed by atoms with Gasteiger partial charge < -0.3 is 21.1 Å². The van der Waals surface area contributed by atoms with Crippen LogP contribution in [-0.4, -0.2) is 52.5 Å². The van der Waals surface area contributed by atoms with Crippen LogP contribution in [0, 0.1) is 5.92 Å². The van der Waals surface area contributed by atoms with Gasteiger partial charge in [0.05, 0.1) is 6.10 Å². The number of nitrogens with two attached hydrogens (primary N) is 1. The standard InChI is InChI=1S/C12H21N3O4/c1-6(2)10(11(13)18)14-12(19)9-4-8(17)5-15(9)7(3)16/h6,8-10,17H,4-5H2,1-3H3,(H2,13,18)(H,14,19)/t8-,9+,10-/m1/s1. The van der Waals surface area contributed by atoms with Gasteiger partial charge in [0.25, 0.3) is 0 Å². The van der Waals surface area contributed by atoms with Crippen molar-refractivity contribution in [2.24, 2.45) is 11.7 Å². The van der Waals surface area contributed by atoms with E-state index in [0.717, 1.165) is 0 Å². The molecule has 19 heavy (non-hydrogen) atoms. The molecule has 0 aromatic heterocycles. The minimum atomic E-state index is -0.779. The summed E-state index contributed by atoms with van der Waals surface area (Å²) >= 11 is 0. The third kappa shape index (κ3) is 3.66. The molecule has 0 unspecified atom stereocenters. The Kier molecular flexibility index (Phi) is 4.88. The molecule has 1 rings (SSSR count). The lowest BCUT2D eigenvalue weighted by Gasteiger charge is -2.25. The molecule has 3 atom stereocenters. The predicted molar refractivity (Wildman–Crippen MR) is 67.8 cm³/mol. The predicted octanol–water partition coefficient (Wildman–Crippen LogP) is -1.41. The first kappa shape index (κ1) is 15.4. The molecule has 7 heteroatoms. The number of likely N-dealkylation sites (tertiary alicyclic amines) is 1. The molecule has 0 aromatic rings. The fourth-order valence-corrected chi connectivity index (χ4v) is 2.23. The first-order chi connectivity index (χ1) is 8.73. The first-order valence-corrected chi connectivity index (χ1v) is 6.29. The minimum Gasteiger partial charge on any atom is -0.391 e. The van der Waals surface area contributed by atoms with Crippen LogP contribution in [0.15, 0.2) is 0 Å². The number of nitrogens with zero attached hydrogens (tertiary/aromatic N) is 1. The van der Waals surface area contributed by atoms with E-state index < -0.39 is 30.0 Å². The van der Waals surface area contributed by atoms with Gasteiger partial charge in [-0.3, -0.25) is 14.4 Å². The van der Waals surface area contributed by atoms with Crippen LogP contribution in [0.3, 0.4) is 0 Å². The Bertz CT molecular complexity index is 383. The number of hydrogen-bond acceptors (Lipinski definition) is 4. The Morgan fingerprint density at radius 1 is 1.37 bits per heavy atom. The van der Waals surface area contributed by atoms with Gasteiger partial charge in [-0.25, -0.2) is 0 Å². The van der Waals surface area contributed by atoms with Gasteiger partial charge in [-0.15, -0.1) is 0 Å². The lowest BCUT2D eigenvalue weighted by atomic mass is 10.0. The van der Waals surface area contributed by atoms with E-state index >= 15 is 0 Å². The van der Waals surface area contributed by atoms with Gasteiger partial charge in [0, 0.05) is 19.9 Å². The average molecular weight is 271 g/mol. The summed E-state index contributed by atoms with van der Waals surface area (Å²) in [5, 5.41) is 12.1. The van der Waals surface area contributed by atoms with Crippen molar-refractivity contribution in [3.8, 4) is 0 Å². The average Bonchev–Trinajstić information content (AvgIpc) is 2.67. The van der Waals surface area contributed by atoms with Gasteiger partial charge in [-0.2, -0.15) is 0 Å². The molecular formula is C12H21N3O4. The lowest BCUT2D eigenvalue weighted by Crippen LogP contribution is -2.53. The van der Waals surface area contributed by atoms with E-state index in [1.165, 1.54) is 11.8 Å². The zero-order chi connectivity index (χ0) is 14.7. The van der Waals surface area contributed by atoms with Crippen molar-refractivity contribution < 1.29 is 19.5 Å². The highest BCUT2D eigenvalue weighted by Crippen LogP contribution is 2.18. The summed E-state index contributed by atoms with van der Waals surface area (Å²) in [7, 11) is 0. The number of hydrogen-bond donors (Lipinski definition) is 3. The Labute approximate surface area is 112 Å². The van der Waals surface area contributed by atoms with Crippen LogP contribution in [0.1, 0.15) is 27.2 Å². The molecule has 0 bridgehead atoms. The minimum absolute atomic E-state index is 0.135. The fourth-order valence-electron chi connectivity index (χ4n) is 2.23. The Hall–Kier alpha value is -1.63. The van der Waals surface area contributed by atoms with Crippen LogP contribution in [0.2, 0.25) is 0 Å². The van der Waals surface area contributed by atoms with Gasteiger partial charge in [-0.05, 0) is 5.92 Å². The van der Waals surface area contributed by atoms with Crippen LogP contribution in [0.5, 0.6) is 0 Å². The fraction of sp³-hybridized carbons (Fsp3) is 0.750. The quantitative estimate of drug-likeness (QED) is 0.583. The van der Waals surface area contributed by atoms with Crippen molar-refractivity contribution in [3.05, 3.63) is 0 Å². The number of amides is 3. The van der Waals surface area contributed by atoms with E-state index in [1.54, 1.807) is 13.8 Å². The van der Waals surface area contributed by atoms with Crippen LogP contribution in [-0.2, 0) is 14.4 Å². The molecule has 108 valence electrons. The number of rotatable bonds is 4. The second-order valence-corrected chi connectivity index (χ2v) is 5.21. The number of aliphatic hydroxyl groups excluding tert-OH is 1. The zero-order valence-electron chi connectivity index (χ0n) is 11.4. The maximum Gasteiger partial charge on any atom is 0.243 e. The largest absolute Gasteiger partial charge is 0.391 e. The SMILES string of the molecule is CC(=O)N1C[C@H](O)C[C@H]1C(=O)N[C@@H](C(N)=O)C(C)C. The highest BCUT2D eigenvalue weighted by Gasteiger charge is 2.38. The van der Waals surface area contributed by atoms with Crippen molar-refractivity contribution in [1.82, 2.24) is 10.2 Å². The summed E-state index contributed by atoms with van der Waals surface area (Å²) in [6, 6.07) is -1.52. The highest BCUT2D eigenvalue weighted by molar-refractivity contribution is 5.91. The summed E-state index contributed by atoms with van der Waals surface area (Å²) in [5.74, 6) is -1.49. The van der Waals surface area contributed by atoms with Crippen LogP contribution in [0.4, 0.5) is 0 Å². The van der Waals surface area contributed by atoms with Crippen molar-refractivity contribution in [2.75, 3.05) is 6.54 Å². The molecule has 0 saturated carbocycles. The number of primary amides is 1. The zero-order valence-corrected chi connectivity index (χ0v) is 11.4. The molecule has 1 fully saturated rings. The Morgan fingerprint density at radius 2 is 1.95 bits per heavy atom. The smallest absolute Gasteiger partial charge is 0.243 e. The van der Waals surface area contributed by atoms with E-state index in [4.69, 9.17) is 5.73 Å². The maximum absolute atomic E-state index is 12.1. The third-order valence-electron chi connectivity index (χ3n) is 3.26. The second-order valence-electron chi connectivity index (χ2n) is 5.21. The molecule has 0 aromatic carbocycles.